The maximum atomic E-state index is 13.8. The zero-order chi connectivity index (χ0) is 26.2. The van der Waals surface area contributed by atoms with E-state index in [0.29, 0.717) is 31.6 Å². The van der Waals surface area contributed by atoms with E-state index in [4.69, 9.17) is 9.72 Å². The predicted octanol–water partition coefficient (Wildman–Crippen LogP) is 3.66. The normalized spacial score (nSPS) is 24.9. The molecule has 1 amide bonds. The standard InChI is InChI=1S/C29H40FN5O2.2ClH/c1-20-15-34(25(13-31-20)16-33-9-10-37-18-21(33)2)17-28(36)35-19-29(3,4)26-14-32-24(12-27(26)35)11-22-5-7-23(30)8-6-22;;/h5-8,12,14,20-21,25,31H,9-11,13,15-19H2,1-4H3;2*1H/t20-,21-,25-;;/m1../s1. The average molecular weight is 583 g/mol. The number of carbonyl (C=O) groups is 1. The van der Waals surface area contributed by atoms with Gasteiger partial charge >= 0.3 is 0 Å². The van der Waals surface area contributed by atoms with Crippen LogP contribution in [0.5, 0.6) is 0 Å². The lowest BCUT2D eigenvalue weighted by Gasteiger charge is -2.43. The minimum Gasteiger partial charge on any atom is -0.379 e. The number of amides is 1. The van der Waals surface area contributed by atoms with Gasteiger partial charge in [-0.3, -0.25) is 19.6 Å². The number of hydrogen-bond acceptors (Lipinski definition) is 6. The molecule has 2 saturated heterocycles. The Hall–Kier alpha value is -1.81. The second-order valence-electron chi connectivity index (χ2n) is 11.7. The van der Waals surface area contributed by atoms with Gasteiger partial charge in [-0.05, 0) is 37.6 Å². The molecule has 4 heterocycles. The van der Waals surface area contributed by atoms with E-state index in [1.807, 2.05) is 11.1 Å². The van der Waals surface area contributed by atoms with Gasteiger partial charge in [0.2, 0.25) is 5.91 Å². The van der Waals surface area contributed by atoms with Crippen LogP contribution in [0.3, 0.4) is 0 Å². The summed E-state index contributed by atoms with van der Waals surface area (Å²) in [6, 6.07) is 9.61. The minimum atomic E-state index is -0.243. The Labute approximate surface area is 244 Å². The summed E-state index contributed by atoms with van der Waals surface area (Å²) in [5, 5.41) is 3.62. The fourth-order valence-corrected chi connectivity index (χ4v) is 5.90. The number of morpholine rings is 1. The molecule has 0 aliphatic carbocycles. The van der Waals surface area contributed by atoms with E-state index in [-0.39, 0.29) is 48.0 Å². The van der Waals surface area contributed by atoms with Gasteiger partial charge < -0.3 is 15.0 Å². The van der Waals surface area contributed by atoms with Crippen molar-refractivity contribution in [1.29, 1.82) is 0 Å². The van der Waals surface area contributed by atoms with E-state index in [1.54, 1.807) is 12.1 Å². The fourth-order valence-electron chi connectivity index (χ4n) is 5.90. The molecule has 3 aliphatic heterocycles. The van der Waals surface area contributed by atoms with E-state index < -0.39 is 0 Å². The highest BCUT2D eigenvalue weighted by atomic mass is 35.5. The summed E-state index contributed by atoms with van der Waals surface area (Å²) in [6.45, 7) is 15.0. The number of benzene rings is 1. The van der Waals surface area contributed by atoms with Crippen molar-refractivity contribution < 1.29 is 13.9 Å². The zero-order valence-electron chi connectivity index (χ0n) is 23.4. The highest BCUT2D eigenvalue weighted by Gasteiger charge is 2.40. The molecule has 216 valence electrons. The van der Waals surface area contributed by atoms with Crippen molar-refractivity contribution in [2.45, 2.75) is 57.7 Å². The number of carbonyl (C=O) groups excluding carboxylic acids is 1. The summed E-state index contributed by atoms with van der Waals surface area (Å²) in [7, 11) is 0. The Balaban J connectivity index is 0.00000210. The smallest absolute Gasteiger partial charge is 0.241 e. The molecule has 0 spiro atoms. The molecule has 1 aromatic heterocycles. The van der Waals surface area contributed by atoms with Crippen LogP contribution >= 0.6 is 24.8 Å². The van der Waals surface area contributed by atoms with Gasteiger partial charge in [-0.1, -0.05) is 26.0 Å². The van der Waals surface area contributed by atoms with E-state index in [2.05, 4.69) is 48.9 Å². The van der Waals surface area contributed by atoms with Crippen molar-refractivity contribution in [2.75, 3.05) is 57.4 Å². The van der Waals surface area contributed by atoms with Gasteiger partial charge in [0, 0.05) is 80.1 Å². The largest absolute Gasteiger partial charge is 0.379 e. The third kappa shape index (κ3) is 7.29. The molecule has 0 unspecified atom stereocenters. The van der Waals surface area contributed by atoms with Crippen LogP contribution in [0.15, 0.2) is 36.5 Å². The van der Waals surface area contributed by atoms with Crippen molar-refractivity contribution in [3.05, 3.63) is 59.2 Å². The third-order valence-electron chi connectivity index (χ3n) is 8.13. The topological polar surface area (TPSA) is 60.9 Å². The predicted molar refractivity (Wildman–Crippen MR) is 158 cm³/mol. The number of ether oxygens (including phenoxy) is 1. The first-order chi connectivity index (χ1) is 17.7. The Morgan fingerprint density at radius 3 is 2.64 bits per heavy atom. The van der Waals surface area contributed by atoms with Crippen LogP contribution in [-0.2, 0) is 21.4 Å². The van der Waals surface area contributed by atoms with Gasteiger partial charge in [-0.15, -0.1) is 24.8 Å². The molecular formula is C29H42Cl2FN5O2. The quantitative estimate of drug-likeness (QED) is 0.562. The molecule has 2 fully saturated rings. The first kappa shape index (κ1) is 31.7. The Bertz CT molecular complexity index is 1120. The maximum absolute atomic E-state index is 13.8. The number of nitrogens with zero attached hydrogens (tertiary/aromatic N) is 4. The Morgan fingerprint density at radius 2 is 1.92 bits per heavy atom. The highest BCUT2D eigenvalue weighted by molar-refractivity contribution is 5.97. The molecule has 0 radical (unpaired) electrons. The van der Waals surface area contributed by atoms with Crippen LogP contribution in [0.25, 0.3) is 0 Å². The molecule has 3 aliphatic rings. The number of anilines is 1. The van der Waals surface area contributed by atoms with Gasteiger partial charge in [0.05, 0.1) is 25.4 Å². The second-order valence-corrected chi connectivity index (χ2v) is 11.7. The number of hydrogen-bond donors (Lipinski definition) is 1. The first-order valence-corrected chi connectivity index (χ1v) is 13.5. The number of rotatable bonds is 6. The van der Waals surface area contributed by atoms with Crippen LogP contribution in [-0.4, -0.2) is 91.3 Å². The molecule has 0 bridgehead atoms. The summed E-state index contributed by atoms with van der Waals surface area (Å²) in [6.07, 6.45) is 2.53. The number of fused-ring (bicyclic) bond motifs is 1. The average Bonchev–Trinajstić information content (AvgIpc) is 3.14. The highest BCUT2D eigenvalue weighted by Crippen LogP contribution is 2.40. The second kappa shape index (κ2) is 13.2. The van der Waals surface area contributed by atoms with Crippen molar-refractivity contribution in [3.63, 3.8) is 0 Å². The number of halogens is 3. The van der Waals surface area contributed by atoms with E-state index in [0.717, 1.165) is 61.9 Å². The van der Waals surface area contributed by atoms with Gasteiger partial charge in [-0.25, -0.2) is 4.39 Å². The summed E-state index contributed by atoms with van der Waals surface area (Å²) in [4.78, 5) is 25.4. The number of piperazine rings is 1. The van der Waals surface area contributed by atoms with Crippen molar-refractivity contribution in [2.24, 2.45) is 0 Å². The van der Waals surface area contributed by atoms with Crippen molar-refractivity contribution in [3.8, 4) is 0 Å². The van der Waals surface area contributed by atoms with Crippen molar-refractivity contribution in [1.82, 2.24) is 20.1 Å². The van der Waals surface area contributed by atoms with Crippen LogP contribution in [0.1, 0.15) is 44.5 Å². The lowest BCUT2D eigenvalue weighted by atomic mass is 9.88. The fraction of sp³-hybridized carbons (Fsp3) is 0.586. The van der Waals surface area contributed by atoms with Gasteiger partial charge in [0.25, 0.3) is 0 Å². The third-order valence-corrected chi connectivity index (χ3v) is 8.13. The number of aromatic nitrogens is 1. The molecule has 5 rings (SSSR count). The molecule has 1 aromatic carbocycles. The summed E-state index contributed by atoms with van der Waals surface area (Å²) < 4.78 is 19.0. The zero-order valence-corrected chi connectivity index (χ0v) is 25.0. The molecule has 0 saturated carbocycles. The lowest BCUT2D eigenvalue weighted by molar-refractivity contribution is -0.121. The van der Waals surface area contributed by atoms with E-state index >= 15 is 0 Å². The van der Waals surface area contributed by atoms with Gasteiger partial charge in [0.1, 0.15) is 5.82 Å². The van der Waals surface area contributed by atoms with Crippen molar-refractivity contribution >= 4 is 36.4 Å². The van der Waals surface area contributed by atoms with Gasteiger partial charge in [0.15, 0.2) is 0 Å². The van der Waals surface area contributed by atoms with Crippen LogP contribution in [0, 0.1) is 5.82 Å². The minimum absolute atomic E-state index is 0. The molecule has 39 heavy (non-hydrogen) atoms. The molecule has 1 N–H and O–H groups in total. The molecule has 10 heteroatoms. The molecular weight excluding hydrogens is 540 g/mol. The number of pyridine rings is 1. The Kier molecular flexibility index (Phi) is 10.8. The summed E-state index contributed by atoms with van der Waals surface area (Å²) in [5.41, 5.74) is 3.79. The van der Waals surface area contributed by atoms with Crippen LogP contribution < -0.4 is 10.2 Å². The summed E-state index contributed by atoms with van der Waals surface area (Å²) in [5.74, 6) is -0.104. The van der Waals surface area contributed by atoms with Crippen LogP contribution in [0.4, 0.5) is 10.1 Å². The molecule has 3 atom stereocenters. The summed E-state index contributed by atoms with van der Waals surface area (Å²) >= 11 is 0. The van der Waals surface area contributed by atoms with E-state index in [1.165, 1.54) is 12.1 Å². The molecule has 2 aromatic rings. The maximum Gasteiger partial charge on any atom is 0.241 e. The monoisotopic (exact) mass is 581 g/mol. The first-order valence-electron chi connectivity index (χ1n) is 13.5. The van der Waals surface area contributed by atoms with Crippen LogP contribution in [0.2, 0.25) is 0 Å². The van der Waals surface area contributed by atoms with Gasteiger partial charge in [-0.2, -0.15) is 0 Å². The molecule has 7 nitrogen and oxygen atoms in total. The lowest BCUT2D eigenvalue weighted by Crippen LogP contribution is -2.62. The van der Waals surface area contributed by atoms with E-state index in [9.17, 15) is 9.18 Å². The Morgan fingerprint density at radius 1 is 1.18 bits per heavy atom. The number of nitrogens with one attached hydrogen (secondary N) is 1. The SMILES string of the molecule is C[C@@H]1CN(CC(=O)N2CC(C)(C)c3cnc(Cc4ccc(F)cc4)cc32)[C@@H](CN2CCOC[C@H]2C)CN1.Cl.Cl.